The van der Waals surface area contributed by atoms with Crippen molar-refractivity contribution in [2.24, 2.45) is 0 Å². The van der Waals surface area contributed by atoms with Crippen molar-refractivity contribution in [2.45, 2.75) is 0 Å². The summed E-state index contributed by atoms with van der Waals surface area (Å²) in [6.45, 7) is 0. The minimum Gasteiger partial charge on any atom is -0.236 e. The maximum Gasteiger partial charge on any atom is 0.125 e. The third kappa shape index (κ3) is 2.95. The van der Waals surface area contributed by atoms with Gasteiger partial charge in [-0.05, 0) is 68.7 Å². The van der Waals surface area contributed by atoms with Crippen molar-refractivity contribution in [1.82, 2.24) is 9.97 Å². The summed E-state index contributed by atoms with van der Waals surface area (Å²) < 4.78 is 2.43. The van der Waals surface area contributed by atoms with Gasteiger partial charge in [0.15, 0.2) is 0 Å². The Morgan fingerprint density at radius 3 is 1.33 bits per heavy atom. The molecule has 4 heteroatoms. The number of rotatable bonds is 2. The summed E-state index contributed by atoms with van der Waals surface area (Å²) in [5.41, 5.74) is 4.47. The second-order valence-corrected chi connectivity index (χ2v) is 11.1. The Labute approximate surface area is 215 Å². The number of hydrogen-bond donors (Lipinski definition) is 0. The highest BCUT2D eigenvalue weighted by atomic mass is 32.1. The van der Waals surface area contributed by atoms with Gasteiger partial charge in [-0.3, -0.25) is 0 Å². The molecule has 0 spiro atoms. The quantitative estimate of drug-likeness (QED) is 0.224. The van der Waals surface area contributed by atoms with E-state index in [1.807, 2.05) is 0 Å². The predicted molar refractivity (Wildman–Crippen MR) is 156 cm³/mol. The van der Waals surface area contributed by atoms with Crippen LogP contribution in [0.3, 0.4) is 0 Å². The molecule has 0 saturated carbocycles. The van der Waals surface area contributed by atoms with Crippen LogP contribution in [0.2, 0.25) is 0 Å². The lowest BCUT2D eigenvalue weighted by Gasteiger charge is -2.14. The molecule has 8 rings (SSSR count). The largest absolute Gasteiger partial charge is 0.236 e. The smallest absolute Gasteiger partial charge is 0.125 e. The van der Waals surface area contributed by atoms with Gasteiger partial charge in [-0.15, -0.1) is 22.7 Å². The highest BCUT2D eigenvalue weighted by molar-refractivity contribution is 7.22. The van der Waals surface area contributed by atoms with Gasteiger partial charge in [0, 0.05) is 11.1 Å². The van der Waals surface area contributed by atoms with Gasteiger partial charge >= 0.3 is 0 Å². The van der Waals surface area contributed by atoms with Crippen molar-refractivity contribution in [3.05, 3.63) is 109 Å². The first-order valence-electron chi connectivity index (χ1n) is 11.9. The number of benzene rings is 6. The van der Waals surface area contributed by atoms with E-state index in [1.165, 1.54) is 52.8 Å². The minimum atomic E-state index is 1.05. The summed E-state index contributed by atoms with van der Waals surface area (Å²) in [6.07, 6.45) is 0. The zero-order valence-corrected chi connectivity index (χ0v) is 20.7. The number of para-hydroxylation sites is 2. The monoisotopic (exact) mass is 494 g/mol. The molecule has 0 amide bonds. The molecule has 6 aromatic carbocycles. The van der Waals surface area contributed by atoms with Crippen LogP contribution in [0.4, 0.5) is 0 Å². The fraction of sp³-hybridized carbons (Fsp3) is 0. The van der Waals surface area contributed by atoms with Crippen molar-refractivity contribution in [1.29, 1.82) is 0 Å². The molecule has 2 heterocycles. The number of fused-ring (bicyclic) bond motifs is 7. The summed E-state index contributed by atoms with van der Waals surface area (Å²) in [5.74, 6) is 0. The van der Waals surface area contributed by atoms with Crippen molar-refractivity contribution >= 4 is 75.4 Å². The van der Waals surface area contributed by atoms with E-state index in [9.17, 15) is 0 Å². The third-order valence-corrected chi connectivity index (χ3v) is 9.05. The Balaban J connectivity index is 1.50. The lowest BCUT2D eigenvalue weighted by Crippen LogP contribution is -1.88. The van der Waals surface area contributed by atoms with Gasteiger partial charge in [0.1, 0.15) is 10.0 Å². The summed E-state index contributed by atoms with van der Waals surface area (Å²) >= 11 is 3.52. The first kappa shape index (κ1) is 20.1. The lowest BCUT2D eigenvalue weighted by molar-refractivity contribution is 1.49. The Morgan fingerprint density at radius 2 is 0.861 bits per heavy atom. The molecule has 0 aliphatic carbocycles. The normalized spacial score (nSPS) is 11.9. The molecule has 0 aliphatic heterocycles. The molecule has 0 bridgehead atoms. The SMILES string of the molecule is c1ccc2sc(-c3cc4cc(-c5nc6ccccc6s5)c5ccccc5c4c4ccccc34)nc2c1. The van der Waals surface area contributed by atoms with Crippen molar-refractivity contribution < 1.29 is 0 Å². The van der Waals surface area contributed by atoms with Gasteiger partial charge in [-0.1, -0.05) is 72.8 Å². The summed E-state index contributed by atoms with van der Waals surface area (Å²) in [7, 11) is 0. The standard InChI is InChI=1S/C32H18N2S2/c1-3-11-22-20(9-1)24(31-33-26-13-5-7-15-28(26)35-31)17-19-18-25(21-10-2-4-12-23(21)30(19)22)32-34-27-14-6-8-16-29(27)36-32/h1-18H. The highest BCUT2D eigenvalue weighted by Gasteiger charge is 2.17. The summed E-state index contributed by atoms with van der Waals surface area (Å²) in [6, 6.07) is 38.9. The molecule has 168 valence electrons. The average Bonchev–Trinajstić information content (AvgIpc) is 3.56. The van der Waals surface area contributed by atoms with E-state index >= 15 is 0 Å². The van der Waals surface area contributed by atoms with E-state index in [0.29, 0.717) is 0 Å². The van der Waals surface area contributed by atoms with Crippen LogP contribution in [0.1, 0.15) is 0 Å². The Morgan fingerprint density at radius 1 is 0.444 bits per heavy atom. The van der Waals surface area contributed by atoms with Crippen LogP contribution in [0.25, 0.3) is 73.9 Å². The summed E-state index contributed by atoms with van der Waals surface area (Å²) in [4.78, 5) is 10.0. The first-order chi connectivity index (χ1) is 17.8. The molecule has 2 nitrogen and oxygen atoms in total. The van der Waals surface area contributed by atoms with Gasteiger partial charge in [-0.2, -0.15) is 0 Å². The fourth-order valence-electron chi connectivity index (χ4n) is 5.31. The van der Waals surface area contributed by atoms with Gasteiger partial charge < -0.3 is 0 Å². The molecular weight excluding hydrogens is 477 g/mol. The van der Waals surface area contributed by atoms with Gasteiger partial charge in [0.05, 0.1) is 20.4 Å². The molecule has 0 N–H and O–H groups in total. The van der Waals surface area contributed by atoms with Crippen LogP contribution in [0.15, 0.2) is 109 Å². The van der Waals surface area contributed by atoms with Crippen LogP contribution >= 0.6 is 22.7 Å². The van der Waals surface area contributed by atoms with E-state index < -0.39 is 0 Å². The third-order valence-electron chi connectivity index (χ3n) is 6.91. The molecule has 8 aromatic rings. The molecule has 0 aliphatic rings. The predicted octanol–water partition coefficient (Wildman–Crippen LogP) is 9.70. The van der Waals surface area contributed by atoms with Crippen LogP contribution in [-0.2, 0) is 0 Å². The highest BCUT2D eigenvalue weighted by Crippen LogP contribution is 2.44. The Kier molecular flexibility index (Phi) is 4.30. The molecule has 2 aromatic heterocycles. The number of nitrogens with zero attached hydrogens (tertiary/aromatic N) is 2. The molecule has 0 fully saturated rings. The molecule has 0 atom stereocenters. The van der Waals surface area contributed by atoms with Gasteiger partial charge in [0.2, 0.25) is 0 Å². The fourth-order valence-corrected chi connectivity index (χ4v) is 7.30. The van der Waals surface area contributed by atoms with Crippen LogP contribution < -0.4 is 0 Å². The van der Waals surface area contributed by atoms with Crippen molar-refractivity contribution in [3.8, 4) is 21.1 Å². The first-order valence-corrected chi connectivity index (χ1v) is 13.6. The average molecular weight is 495 g/mol. The zero-order chi connectivity index (χ0) is 23.6. The number of thiazole rings is 2. The maximum absolute atomic E-state index is 5.02. The van der Waals surface area contributed by atoms with E-state index in [0.717, 1.165) is 21.0 Å². The minimum absolute atomic E-state index is 1.05. The Hall–Kier alpha value is -4.12. The maximum atomic E-state index is 5.02. The molecule has 36 heavy (non-hydrogen) atoms. The van der Waals surface area contributed by atoms with E-state index in [4.69, 9.17) is 9.97 Å². The summed E-state index contributed by atoms with van der Waals surface area (Å²) in [5, 5.41) is 9.62. The van der Waals surface area contributed by atoms with Crippen LogP contribution in [0.5, 0.6) is 0 Å². The topological polar surface area (TPSA) is 25.8 Å². The Bertz CT molecular complexity index is 1900. The van der Waals surface area contributed by atoms with E-state index in [1.54, 1.807) is 22.7 Å². The van der Waals surface area contributed by atoms with Gasteiger partial charge in [0.25, 0.3) is 0 Å². The second-order valence-electron chi connectivity index (χ2n) is 9.01. The molecule has 0 saturated heterocycles. The molecular formula is C32H18N2S2. The van der Waals surface area contributed by atoms with Crippen LogP contribution in [0, 0.1) is 0 Å². The van der Waals surface area contributed by atoms with Crippen LogP contribution in [-0.4, -0.2) is 9.97 Å². The van der Waals surface area contributed by atoms with E-state index in [2.05, 4.69) is 109 Å². The second kappa shape index (κ2) is 7.69. The molecule has 0 radical (unpaired) electrons. The lowest BCUT2D eigenvalue weighted by atomic mass is 9.91. The zero-order valence-electron chi connectivity index (χ0n) is 19.1. The molecule has 0 unspecified atom stereocenters. The van der Waals surface area contributed by atoms with Crippen molar-refractivity contribution in [3.63, 3.8) is 0 Å². The van der Waals surface area contributed by atoms with E-state index in [-0.39, 0.29) is 0 Å². The van der Waals surface area contributed by atoms with Crippen molar-refractivity contribution in [2.75, 3.05) is 0 Å². The van der Waals surface area contributed by atoms with Gasteiger partial charge in [-0.25, -0.2) is 9.97 Å². The number of hydrogen-bond acceptors (Lipinski definition) is 4. The number of aromatic nitrogens is 2.